The first-order valence-corrected chi connectivity index (χ1v) is 8.11. The zero-order valence-corrected chi connectivity index (χ0v) is 12.5. The molecule has 0 aromatic rings. The van der Waals surface area contributed by atoms with E-state index in [4.69, 9.17) is 5.73 Å². The maximum Gasteiger partial charge on any atom is 0.224 e. The standard InChI is InChI=1S/C16H30N2O/c1-11-6-8-13(9-7-11)10-18-16(19)14-5-3-4-12(2)15(14)17/h11-15H,3-10,17H2,1-2H3,(H,18,19). The van der Waals surface area contributed by atoms with Gasteiger partial charge in [-0.05, 0) is 43.4 Å². The summed E-state index contributed by atoms with van der Waals surface area (Å²) < 4.78 is 0. The van der Waals surface area contributed by atoms with E-state index in [1.54, 1.807) is 0 Å². The van der Waals surface area contributed by atoms with E-state index >= 15 is 0 Å². The molecule has 0 bridgehead atoms. The average molecular weight is 266 g/mol. The fraction of sp³-hybridized carbons (Fsp3) is 0.938. The number of hydrogen-bond donors (Lipinski definition) is 2. The number of carbonyl (C=O) groups is 1. The number of rotatable bonds is 3. The van der Waals surface area contributed by atoms with Gasteiger partial charge in [0, 0.05) is 12.6 Å². The molecule has 3 N–H and O–H groups in total. The summed E-state index contributed by atoms with van der Waals surface area (Å²) >= 11 is 0. The fourth-order valence-corrected chi connectivity index (χ4v) is 3.66. The van der Waals surface area contributed by atoms with Gasteiger partial charge in [0.1, 0.15) is 0 Å². The minimum Gasteiger partial charge on any atom is -0.356 e. The molecule has 3 unspecified atom stereocenters. The molecule has 0 aromatic heterocycles. The van der Waals surface area contributed by atoms with E-state index in [2.05, 4.69) is 19.2 Å². The summed E-state index contributed by atoms with van der Waals surface area (Å²) in [7, 11) is 0. The number of carbonyl (C=O) groups excluding carboxylic acids is 1. The average Bonchev–Trinajstić information content (AvgIpc) is 2.41. The summed E-state index contributed by atoms with van der Waals surface area (Å²) in [6.45, 7) is 5.37. The molecule has 2 fully saturated rings. The first kappa shape index (κ1) is 14.8. The predicted octanol–water partition coefficient (Wildman–Crippen LogP) is 2.69. The SMILES string of the molecule is CC1CCC(CNC(=O)C2CCCC(C)C2N)CC1. The molecule has 110 valence electrons. The zero-order valence-electron chi connectivity index (χ0n) is 12.5. The summed E-state index contributed by atoms with van der Waals surface area (Å²) in [5, 5.41) is 3.17. The molecule has 3 heteroatoms. The van der Waals surface area contributed by atoms with E-state index in [9.17, 15) is 4.79 Å². The van der Waals surface area contributed by atoms with Crippen LogP contribution in [-0.4, -0.2) is 18.5 Å². The van der Waals surface area contributed by atoms with Crippen LogP contribution in [0.2, 0.25) is 0 Å². The molecule has 0 saturated heterocycles. The molecule has 2 aliphatic carbocycles. The van der Waals surface area contributed by atoms with Crippen molar-refractivity contribution in [2.24, 2.45) is 29.4 Å². The molecule has 0 spiro atoms. The normalized spacial score (nSPS) is 39.8. The summed E-state index contributed by atoms with van der Waals surface area (Å²) in [6, 6.07) is 0.0557. The van der Waals surface area contributed by atoms with E-state index in [0.717, 1.165) is 25.3 Å². The largest absolute Gasteiger partial charge is 0.356 e. The van der Waals surface area contributed by atoms with Gasteiger partial charge in [0.05, 0.1) is 5.92 Å². The van der Waals surface area contributed by atoms with Crippen LogP contribution in [0.1, 0.15) is 58.8 Å². The summed E-state index contributed by atoms with van der Waals surface area (Å²) in [6.07, 6.45) is 8.47. The topological polar surface area (TPSA) is 55.1 Å². The van der Waals surface area contributed by atoms with Gasteiger partial charge in [-0.1, -0.05) is 33.1 Å². The van der Waals surface area contributed by atoms with Crippen LogP contribution in [0.15, 0.2) is 0 Å². The highest BCUT2D eigenvalue weighted by Gasteiger charge is 2.32. The number of nitrogens with one attached hydrogen (secondary N) is 1. The highest BCUT2D eigenvalue weighted by molar-refractivity contribution is 5.79. The molecule has 3 nitrogen and oxygen atoms in total. The van der Waals surface area contributed by atoms with Gasteiger partial charge in [-0.15, -0.1) is 0 Å². The molecule has 3 atom stereocenters. The lowest BCUT2D eigenvalue weighted by molar-refractivity contribution is -0.127. The van der Waals surface area contributed by atoms with Crippen molar-refractivity contribution in [1.29, 1.82) is 0 Å². The molecule has 0 heterocycles. The Bertz CT molecular complexity index is 297. The highest BCUT2D eigenvalue weighted by atomic mass is 16.1. The smallest absolute Gasteiger partial charge is 0.224 e. The van der Waals surface area contributed by atoms with Gasteiger partial charge in [-0.2, -0.15) is 0 Å². The Morgan fingerprint density at radius 2 is 1.79 bits per heavy atom. The van der Waals surface area contributed by atoms with Crippen molar-refractivity contribution in [3.05, 3.63) is 0 Å². The van der Waals surface area contributed by atoms with Crippen LogP contribution < -0.4 is 11.1 Å². The zero-order chi connectivity index (χ0) is 13.8. The molecule has 2 rings (SSSR count). The van der Waals surface area contributed by atoms with Crippen molar-refractivity contribution in [2.75, 3.05) is 6.54 Å². The summed E-state index contributed by atoms with van der Waals surface area (Å²) in [4.78, 5) is 12.3. The fourth-order valence-electron chi connectivity index (χ4n) is 3.66. The van der Waals surface area contributed by atoms with Crippen LogP contribution in [0.5, 0.6) is 0 Å². The van der Waals surface area contributed by atoms with Crippen molar-refractivity contribution >= 4 is 5.91 Å². The summed E-state index contributed by atoms with van der Waals surface area (Å²) in [5.74, 6) is 2.31. The third kappa shape index (κ3) is 3.95. The second kappa shape index (κ2) is 6.74. The monoisotopic (exact) mass is 266 g/mol. The van der Waals surface area contributed by atoms with Crippen molar-refractivity contribution < 1.29 is 4.79 Å². The van der Waals surface area contributed by atoms with Crippen LogP contribution in [0, 0.1) is 23.7 Å². The van der Waals surface area contributed by atoms with Gasteiger partial charge < -0.3 is 11.1 Å². The lowest BCUT2D eigenvalue weighted by atomic mass is 9.77. The van der Waals surface area contributed by atoms with E-state index in [-0.39, 0.29) is 17.9 Å². The Hall–Kier alpha value is -0.570. The number of hydrogen-bond acceptors (Lipinski definition) is 2. The second-order valence-electron chi connectivity index (χ2n) is 6.96. The molecule has 2 aliphatic rings. The van der Waals surface area contributed by atoms with Gasteiger partial charge in [-0.25, -0.2) is 0 Å². The first-order valence-electron chi connectivity index (χ1n) is 8.11. The molecule has 0 aromatic carbocycles. The number of nitrogens with two attached hydrogens (primary N) is 1. The molecular weight excluding hydrogens is 236 g/mol. The Kier molecular flexibility index (Phi) is 5.26. The molecule has 1 amide bonds. The first-order chi connectivity index (χ1) is 9.08. The molecule has 19 heavy (non-hydrogen) atoms. The Balaban J connectivity index is 1.74. The van der Waals surface area contributed by atoms with Crippen molar-refractivity contribution in [2.45, 2.75) is 64.8 Å². The van der Waals surface area contributed by atoms with E-state index in [1.807, 2.05) is 0 Å². The second-order valence-corrected chi connectivity index (χ2v) is 6.96. The minimum absolute atomic E-state index is 0.0475. The number of amides is 1. The molecule has 2 saturated carbocycles. The van der Waals surface area contributed by atoms with Crippen LogP contribution in [-0.2, 0) is 4.79 Å². The maximum absolute atomic E-state index is 12.3. The predicted molar refractivity (Wildman–Crippen MR) is 78.6 cm³/mol. The lowest BCUT2D eigenvalue weighted by Crippen LogP contribution is -2.48. The summed E-state index contributed by atoms with van der Waals surface area (Å²) in [5.41, 5.74) is 6.19. The Morgan fingerprint density at radius 3 is 2.47 bits per heavy atom. The minimum atomic E-state index is 0.0475. The molecule has 0 radical (unpaired) electrons. The van der Waals surface area contributed by atoms with Gasteiger partial charge in [0.25, 0.3) is 0 Å². The third-order valence-corrected chi connectivity index (χ3v) is 5.33. The van der Waals surface area contributed by atoms with Crippen LogP contribution in [0.3, 0.4) is 0 Å². The van der Waals surface area contributed by atoms with Gasteiger partial charge in [0.2, 0.25) is 5.91 Å². The van der Waals surface area contributed by atoms with Crippen molar-refractivity contribution in [3.63, 3.8) is 0 Å². The molecular formula is C16H30N2O. The highest BCUT2D eigenvalue weighted by Crippen LogP contribution is 2.29. The van der Waals surface area contributed by atoms with Crippen LogP contribution >= 0.6 is 0 Å². The Morgan fingerprint density at radius 1 is 1.11 bits per heavy atom. The van der Waals surface area contributed by atoms with Crippen LogP contribution in [0.25, 0.3) is 0 Å². The lowest BCUT2D eigenvalue weighted by Gasteiger charge is -2.33. The van der Waals surface area contributed by atoms with E-state index < -0.39 is 0 Å². The Labute approximate surface area is 117 Å². The van der Waals surface area contributed by atoms with E-state index in [0.29, 0.717) is 11.8 Å². The van der Waals surface area contributed by atoms with Gasteiger partial charge in [0.15, 0.2) is 0 Å². The van der Waals surface area contributed by atoms with Gasteiger partial charge in [-0.3, -0.25) is 4.79 Å². The van der Waals surface area contributed by atoms with E-state index in [1.165, 1.54) is 32.1 Å². The third-order valence-electron chi connectivity index (χ3n) is 5.33. The molecule has 0 aliphatic heterocycles. The van der Waals surface area contributed by atoms with Crippen molar-refractivity contribution in [3.8, 4) is 0 Å². The van der Waals surface area contributed by atoms with Gasteiger partial charge >= 0.3 is 0 Å². The maximum atomic E-state index is 12.3. The van der Waals surface area contributed by atoms with Crippen LogP contribution in [0.4, 0.5) is 0 Å². The van der Waals surface area contributed by atoms with Crippen molar-refractivity contribution in [1.82, 2.24) is 5.32 Å². The quantitative estimate of drug-likeness (QED) is 0.825.